The summed E-state index contributed by atoms with van der Waals surface area (Å²) in [5, 5.41) is 9.54. The summed E-state index contributed by atoms with van der Waals surface area (Å²) >= 11 is 0. The van der Waals surface area contributed by atoms with Crippen LogP contribution in [0.5, 0.6) is 0 Å². The third-order valence-electron chi connectivity index (χ3n) is 5.21. The highest BCUT2D eigenvalue weighted by Gasteiger charge is 2.38. The Morgan fingerprint density at radius 2 is 1.48 bits per heavy atom. The van der Waals surface area contributed by atoms with Crippen molar-refractivity contribution in [3.8, 4) is 0 Å². The van der Waals surface area contributed by atoms with Gasteiger partial charge in [-0.25, -0.2) is 0 Å². The quantitative estimate of drug-likeness (QED) is 0.318. The Hall–Kier alpha value is -0.353. The topological polar surface area (TPSA) is 46.5 Å². The van der Waals surface area contributed by atoms with E-state index in [9.17, 15) is 9.90 Å². The molecule has 0 aromatic rings. The SMILES string of the molecule is CCCCCCCCCCC(CO[Si](C)(C)C(C)(C)C)C(=O)O. The second-order valence-corrected chi connectivity index (χ2v) is 13.2. The monoisotopic (exact) mass is 344 g/mol. The van der Waals surface area contributed by atoms with Crippen molar-refractivity contribution in [2.75, 3.05) is 6.61 Å². The fraction of sp³-hybridized carbons (Fsp3) is 0.947. The molecule has 1 atom stereocenters. The van der Waals surface area contributed by atoms with E-state index in [0.29, 0.717) is 6.61 Å². The van der Waals surface area contributed by atoms with Gasteiger partial charge in [-0.1, -0.05) is 79.1 Å². The number of aliphatic carboxylic acids is 1. The predicted octanol–water partition coefficient (Wildman–Crippen LogP) is 6.24. The minimum Gasteiger partial charge on any atom is -0.481 e. The lowest BCUT2D eigenvalue weighted by molar-refractivity contribution is -0.143. The van der Waals surface area contributed by atoms with Crippen LogP contribution in [-0.4, -0.2) is 26.0 Å². The number of hydrogen-bond acceptors (Lipinski definition) is 2. The average Bonchev–Trinajstić information content (AvgIpc) is 2.43. The summed E-state index contributed by atoms with van der Waals surface area (Å²) in [6, 6.07) is 0. The second-order valence-electron chi connectivity index (χ2n) is 8.37. The first-order valence-electron chi connectivity index (χ1n) is 9.48. The van der Waals surface area contributed by atoms with Gasteiger partial charge in [-0.15, -0.1) is 0 Å². The van der Waals surface area contributed by atoms with E-state index in [0.717, 1.165) is 19.3 Å². The number of hydrogen-bond donors (Lipinski definition) is 1. The smallest absolute Gasteiger partial charge is 0.308 e. The van der Waals surface area contributed by atoms with E-state index in [1.807, 2.05) is 0 Å². The molecule has 0 saturated carbocycles. The van der Waals surface area contributed by atoms with E-state index < -0.39 is 14.3 Å². The Morgan fingerprint density at radius 3 is 1.91 bits per heavy atom. The van der Waals surface area contributed by atoms with Crippen molar-refractivity contribution >= 4 is 14.3 Å². The van der Waals surface area contributed by atoms with E-state index in [1.165, 1.54) is 38.5 Å². The lowest BCUT2D eigenvalue weighted by Crippen LogP contribution is -2.42. The lowest BCUT2D eigenvalue weighted by Gasteiger charge is -2.36. The summed E-state index contributed by atoms with van der Waals surface area (Å²) in [6.45, 7) is 13.5. The third-order valence-corrected chi connectivity index (χ3v) is 9.71. The van der Waals surface area contributed by atoms with E-state index >= 15 is 0 Å². The molecule has 0 heterocycles. The molecule has 0 spiro atoms. The van der Waals surface area contributed by atoms with Gasteiger partial charge in [0.15, 0.2) is 8.32 Å². The van der Waals surface area contributed by atoms with Gasteiger partial charge in [0.1, 0.15) is 0 Å². The van der Waals surface area contributed by atoms with Gasteiger partial charge < -0.3 is 9.53 Å². The van der Waals surface area contributed by atoms with Crippen LogP contribution in [0.25, 0.3) is 0 Å². The summed E-state index contributed by atoms with van der Waals surface area (Å²) < 4.78 is 6.10. The predicted molar refractivity (Wildman–Crippen MR) is 102 cm³/mol. The van der Waals surface area contributed by atoms with Gasteiger partial charge in [-0.2, -0.15) is 0 Å². The summed E-state index contributed by atoms with van der Waals surface area (Å²) in [7, 11) is -1.85. The van der Waals surface area contributed by atoms with Crippen molar-refractivity contribution in [1.29, 1.82) is 0 Å². The maximum absolute atomic E-state index is 11.4. The van der Waals surface area contributed by atoms with Gasteiger partial charge in [-0.05, 0) is 24.6 Å². The van der Waals surface area contributed by atoms with Crippen molar-refractivity contribution in [3.63, 3.8) is 0 Å². The zero-order valence-corrected chi connectivity index (χ0v) is 17.4. The molecule has 0 aliphatic carbocycles. The fourth-order valence-electron chi connectivity index (χ4n) is 2.33. The minimum atomic E-state index is -1.85. The van der Waals surface area contributed by atoms with E-state index in [4.69, 9.17) is 4.43 Å². The van der Waals surface area contributed by atoms with Crippen LogP contribution in [-0.2, 0) is 9.22 Å². The molecule has 0 rings (SSSR count). The molecule has 0 radical (unpaired) electrons. The van der Waals surface area contributed by atoms with Crippen LogP contribution in [0.3, 0.4) is 0 Å². The highest BCUT2D eigenvalue weighted by atomic mass is 28.4. The molecular weight excluding hydrogens is 304 g/mol. The largest absolute Gasteiger partial charge is 0.481 e. The number of unbranched alkanes of at least 4 members (excludes halogenated alkanes) is 7. The Bertz CT molecular complexity index is 321. The molecule has 0 aromatic carbocycles. The molecule has 0 aliphatic rings. The van der Waals surface area contributed by atoms with Crippen LogP contribution < -0.4 is 0 Å². The standard InChI is InChI=1S/C19H40O3Si/c1-7-8-9-10-11-12-13-14-15-17(18(20)21)16-22-23(5,6)19(2,3)4/h17H,7-16H2,1-6H3,(H,20,21). The summed E-state index contributed by atoms with van der Waals surface area (Å²) in [4.78, 5) is 11.4. The summed E-state index contributed by atoms with van der Waals surface area (Å²) in [5.41, 5.74) is 0. The molecule has 0 fully saturated rings. The van der Waals surface area contributed by atoms with Gasteiger partial charge in [0, 0.05) is 6.61 Å². The Balaban J connectivity index is 3.99. The first-order chi connectivity index (χ1) is 10.6. The van der Waals surface area contributed by atoms with Crippen LogP contribution >= 0.6 is 0 Å². The molecule has 138 valence electrons. The Labute approximate surface area is 145 Å². The Morgan fingerprint density at radius 1 is 1.00 bits per heavy atom. The Kier molecular flexibility index (Phi) is 11.1. The lowest BCUT2D eigenvalue weighted by atomic mass is 10.0. The van der Waals surface area contributed by atoms with Gasteiger partial charge in [-0.3, -0.25) is 4.79 Å². The fourth-order valence-corrected chi connectivity index (χ4v) is 3.38. The minimum absolute atomic E-state index is 0.133. The number of rotatable bonds is 13. The molecule has 1 unspecified atom stereocenters. The van der Waals surface area contributed by atoms with Crippen LogP contribution in [0.15, 0.2) is 0 Å². The maximum atomic E-state index is 11.4. The van der Waals surface area contributed by atoms with Crippen LogP contribution in [0.4, 0.5) is 0 Å². The molecule has 23 heavy (non-hydrogen) atoms. The number of carbonyl (C=O) groups is 1. The van der Waals surface area contributed by atoms with Crippen molar-refractivity contribution in [1.82, 2.24) is 0 Å². The second kappa shape index (κ2) is 11.2. The number of carboxylic acids is 1. The van der Waals surface area contributed by atoms with Crippen molar-refractivity contribution in [2.45, 2.75) is 104 Å². The maximum Gasteiger partial charge on any atom is 0.308 e. The summed E-state index contributed by atoms with van der Waals surface area (Å²) in [6.07, 6.45) is 10.7. The van der Waals surface area contributed by atoms with E-state index in [1.54, 1.807) is 0 Å². The zero-order chi connectivity index (χ0) is 17.9. The highest BCUT2D eigenvalue weighted by molar-refractivity contribution is 6.74. The molecule has 0 bridgehead atoms. The van der Waals surface area contributed by atoms with Gasteiger partial charge >= 0.3 is 5.97 Å². The van der Waals surface area contributed by atoms with Crippen LogP contribution in [0.1, 0.15) is 85.5 Å². The number of carboxylic acid groups (broad SMARTS) is 1. The zero-order valence-electron chi connectivity index (χ0n) is 16.4. The first kappa shape index (κ1) is 22.6. The molecule has 4 heteroatoms. The normalized spacial score (nSPS) is 14.0. The molecule has 3 nitrogen and oxygen atoms in total. The van der Waals surface area contributed by atoms with E-state index in [2.05, 4.69) is 40.8 Å². The highest BCUT2D eigenvalue weighted by Crippen LogP contribution is 2.37. The molecule has 0 saturated heterocycles. The van der Waals surface area contributed by atoms with Gasteiger partial charge in [0.25, 0.3) is 0 Å². The van der Waals surface area contributed by atoms with E-state index in [-0.39, 0.29) is 11.0 Å². The summed E-state index contributed by atoms with van der Waals surface area (Å²) in [5.74, 6) is -1.05. The average molecular weight is 345 g/mol. The van der Waals surface area contributed by atoms with Gasteiger partial charge in [0.05, 0.1) is 5.92 Å². The van der Waals surface area contributed by atoms with Gasteiger partial charge in [0.2, 0.25) is 0 Å². The van der Waals surface area contributed by atoms with Crippen molar-refractivity contribution < 1.29 is 14.3 Å². The van der Waals surface area contributed by atoms with Crippen molar-refractivity contribution in [2.24, 2.45) is 5.92 Å². The van der Waals surface area contributed by atoms with Crippen molar-refractivity contribution in [3.05, 3.63) is 0 Å². The van der Waals surface area contributed by atoms with Crippen LogP contribution in [0, 0.1) is 5.92 Å². The molecule has 0 aliphatic heterocycles. The molecule has 0 aromatic heterocycles. The third kappa shape index (κ3) is 10.2. The first-order valence-corrected chi connectivity index (χ1v) is 12.4. The molecule has 0 amide bonds. The van der Waals surface area contributed by atoms with Crippen LogP contribution in [0.2, 0.25) is 18.1 Å². The molecular formula is C19H40O3Si. The molecule has 1 N–H and O–H groups in total.